The van der Waals surface area contributed by atoms with E-state index in [2.05, 4.69) is 5.32 Å². The summed E-state index contributed by atoms with van der Waals surface area (Å²) in [6.45, 7) is 3.58. The molecule has 0 aromatic heterocycles. The first-order valence-electron chi connectivity index (χ1n) is 7.13. The van der Waals surface area contributed by atoms with Crippen LogP contribution in [-0.2, 0) is 14.8 Å². The van der Waals surface area contributed by atoms with Crippen molar-refractivity contribution in [2.45, 2.75) is 13.0 Å². The molecule has 1 atom stereocenters. The highest BCUT2D eigenvalue weighted by molar-refractivity contribution is 7.88. The number of carbonyl (C=O) groups excluding carboxylic acids is 1. The predicted octanol–water partition coefficient (Wildman–Crippen LogP) is 1.90. The molecular formula is C14H19Cl2N3O3S. The van der Waals surface area contributed by atoms with Crippen molar-refractivity contribution < 1.29 is 13.2 Å². The van der Waals surface area contributed by atoms with Crippen LogP contribution in [-0.4, -0.2) is 62.0 Å². The Bertz CT molecular complexity index is 689. The molecule has 0 bridgehead atoms. The van der Waals surface area contributed by atoms with Crippen LogP contribution >= 0.6 is 23.2 Å². The maximum absolute atomic E-state index is 12.4. The minimum Gasteiger partial charge on any atom is -0.323 e. The Morgan fingerprint density at radius 2 is 1.83 bits per heavy atom. The molecule has 1 aromatic carbocycles. The van der Waals surface area contributed by atoms with Gasteiger partial charge < -0.3 is 5.32 Å². The molecule has 128 valence electrons. The summed E-state index contributed by atoms with van der Waals surface area (Å²) < 4.78 is 24.4. The molecule has 1 unspecified atom stereocenters. The molecule has 0 aliphatic carbocycles. The summed E-state index contributed by atoms with van der Waals surface area (Å²) in [5.41, 5.74) is 0.502. The van der Waals surface area contributed by atoms with Gasteiger partial charge in [-0.3, -0.25) is 9.69 Å². The normalized spacial score (nSPS) is 18.6. The molecule has 0 radical (unpaired) electrons. The molecule has 23 heavy (non-hydrogen) atoms. The maximum Gasteiger partial charge on any atom is 0.241 e. The summed E-state index contributed by atoms with van der Waals surface area (Å²) in [5, 5.41) is 3.65. The third-order valence-corrected chi connectivity index (χ3v) is 5.71. The molecular weight excluding hydrogens is 361 g/mol. The van der Waals surface area contributed by atoms with Crippen LogP contribution < -0.4 is 5.32 Å². The van der Waals surface area contributed by atoms with Crippen LogP contribution in [0, 0.1) is 0 Å². The fourth-order valence-corrected chi connectivity index (χ4v) is 3.70. The van der Waals surface area contributed by atoms with E-state index in [0.717, 1.165) is 0 Å². The Morgan fingerprint density at radius 3 is 2.35 bits per heavy atom. The van der Waals surface area contributed by atoms with Gasteiger partial charge in [-0.05, 0) is 25.1 Å². The Hall–Kier alpha value is -0.860. The second-order valence-electron chi connectivity index (χ2n) is 5.49. The third kappa shape index (κ3) is 4.81. The van der Waals surface area contributed by atoms with Crippen LogP contribution in [0.2, 0.25) is 10.0 Å². The summed E-state index contributed by atoms with van der Waals surface area (Å²) in [7, 11) is -3.18. The van der Waals surface area contributed by atoms with Gasteiger partial charge >= 0.3 is 0 Å². The van der Waals surface area contributed by atoms with Crippen molar-refractivity contribution in [2.75, 3.05) is 37.8 Å². The van der Waals surface area contributed by atoms with E-state index in [1.807, 2.05) is 4.90 Å². The van der Waals surface area contributed by atoms with E-state index >= 15 is 0 Å². The van der Waals surface area contributed by atoms with Crippen molar-refractivity contribution in [3.63, 3.8) is 0 Å². The van der Waals surface area contributed by atoms with Gasteiger partial charge in [0.15, 0.2) is 0 Å². The number of piperazine rings is 1. The highest BCUT2D eigenvalue weighted by atomic mass is 35.5. The maximum atomic E-state index is 12.4. The SMILES string of the molecule is CC(C(=O)Nc1ccc(Cl)cc1Cl)N1CCN(S(C)(=O)=O)CC1. The number of halogens is 2. The summed E-state index contributed by atoms with van der Waals surface area (Å²) in [6, 6.07) is 4.48. The highest BCUT2D eigenvalue weighted by Crippen LogP contribution is 2.25. The second kappa shape index (κ2) is 7.36. The number of sulfonamides is 1. The van der Waals surface area contributed by atoms with Crippen molar-refractivity contribution in [1.29, 1.82) is 0 Å². The molecule has 1 N–H and O–H groups in total. The standard InChI is InChI=1S/C14H19Cl2N3O3S/c1-10(18-5-7-19(8-6-18)23(2,21)22)14(20)17-13-4-3-11(15)9-12(13)16/h3-4,9-10H,5-8H2,1-2H3,(H,17,20). The van der Waals surface area contributed by atoms with E-state index in [-0.39, 0.29) is 11.9 Å². The predicted molar refractivity (Wildman–Crippen MR) is 92.5 cm³/mol. The Morgan fingerprint density at radius 1 is 1.22 bits per heavy atom. The summed E-state index contributed by atoms with van der Waals surface area (Å²) in [6.07, 6.45) is 1.20. The van der Waals surface area contributed by atoms with Crippen LogP contribution in [0.4, 0.5) is 5.69 Å². The van der Waals surface area contributed by atoms with E-state index in [1.165, 1.54) is 10.6 Å². The van der Waals surface area contributed by atoms with Crippen molar-refractivity contribution in [2.24, 2.45) is 0 Å². The molecule has 1 aliphatic rings. The van der Waals surface area contributed by atoms with Gasteiger partial charge in [0, 0.05) is 31.2 Å². The Labute approximate surface area is 146 Å². The zero-order valence-corrected chi connectivity index (χ0v) is 15.2. The molecule has 6 nitrogen and oxygen atoms in total. The van der Waals surface area contributed by atoms with Crippen LogP contribution in [0.1, 0.15) is 6.92 Å². The number of hydrogen-bond donors (Lipinski definition) is 1. The average molecular weight is 380 g/mol. The van der Waals surface area contributed by atoms with Gasteiger partial charge in [0.2, 0.25) is 15.9 Å². The molecule has 1 fully saturated rings. The number of rotatable bonds is 4. The van der Waals surface area contributed by atoms with Crippen molar-refractivity contribution in [1.82, 2.24) is 9.21 Å². The molecule has 1 heterocycles. The molecule has 1 aliphatic heterocycles. The Balaban J connectivity index is 1.95. The lowest BCUT2D eigenvalue weighted by Crippen LogP contribution is -2.53. The molecule has 1 amide bonds. The topological polar surface area (TPSA) is 69.7 Å². The summed E-state index contributed by atoms with van der Waals surface area (Å²) in [4.78, 5) is 14.3. The number of carbonyl (C=O) groups is 1. The van der Waals surface area contributed by atoms with E-state index in [0.29, 0.717) is 41.9 Å². The fraction of sp³-hybridized carbons (Fsp3) is 0.500. The van der Waals surface area contributed by atoms with Gasteiger partial charge in [-0.25, -0.2) is 8.42 Å². The first kappa shape index (κ1) is 18.5. The van der Waals surface area contributed by atoms with E-state index < -0.39 is 10.0 Å². The fourth-order valence-electron chi connectivity index (χ4n) is 2.42. The van der Waals surface area contributed by atoms with E-state index in [1.54, 1.807) is 25.1 Å². The summed E-state index contributed by atoms with van der Waals surface area (Å²) >= 11 is 11.9. The van der Waals surface area contributed by atoms with E-state index in [4.69, 9.17) is 23.2 Å². The lowest BCUT2D eigenvalue weighted by atomic mass is 10.2. The van der Waals surface area contributed by atoms with Gasteiger partial charge in [0.05, 0.1) is 23.0 Å². The van der Waals surface area contributed by atoms with E-state index in [9.17, 15) is 13.2 Å². The first-order valence-corrected chi connectivity index (χ1v) is 9.74. The molecule has 0 saturated carbocycles. The van der Waals surface area contributed by atoms with Crippen LogP contribution in [0.15, 0.2) is 18.2 Å². The van der Waals surface area contributed by atoms with Gasteiger partial charge in [0.25, 0.3) is 0 Å². The van der Waals surface area contributed by atoms with Gasteiger partial charge in [-0.2, -0.15) is 4.31 Å². The molecule has 9 heteroatoms. The second-order valence-corrected chi connectivity index (χ2v) is 8.31. The van der Waals surface area contributed by atoms with Gasteiger partial charge in [-0.1, -0.05) is 23.2 Å². The smallest absolute Gasteiger partial charge is 0.241 e. The number of nitrogens with one attached hydrogen (secondary N) is 1. The quantitative estimate of drug-likeness (QED) is 0.866. The molecule has 1 saturated heterocycles. The van der Waals surface area contributed by atoms with Gasteiger partial charge in [-0.15, -0.1) is 0 Å². The minimum absolute atomic E-state index is 0.193. The number of nitrogens with zero attached hydrogens (tertiary/aromatic N) is 2. The number of benzene rings is 1. The summed E-state index contributed by atoms with van der Waals surface area (Å²) in [5.74, 6) is -0.193. The van der Waals surface area contributed by atoms with Crippen molar-refractivity contribution in [3.05, 3.63) is 28.2 Å². The number of hydrogen-bond acceptors (Lipinski definition) is 4. The average Bonchev–Trinajstić information content (AvgIpc) is 2.48. The zero-order chi connectivity index (χ0) is 17.2. The van der Waals surface area contributed by atoms with Gasteiger partial charge in [0.1, 0.15) is 0 Å². The van der Waals surface area contributed by atoms with Crippen molar-refractivity contribution >= 4 is 44.8 Å². The lowest BCUT2D eigenvalue weighted by molar-refractivity contribution is -0.121. The molecule has 2 rings (SSSR count). The van der Waals surface area contributed by atoms with Crippen LogP contribution in [0.5, 0.6) is 0 Å². The Kier molecular flexibility index (Phi) is 5.91. The largest absolute Gasteiger partial charge is 0.323 e. The lowest BCUT2D eigenvalue weighted by Gasteiger charge is -2.36. The van der Waals surface area contributed by atoms with Crippen LogP contribution in [0.3, 0.4) is 0 Å². The number of anilines is 1. The van der Waals surface area contributed by atoms with Crippen LogP contribution in [0.25, 0.3) is 0 Å². The molecule has 1 aromatic rings. The first-order chi connectivity index (χ1) is 10.7. The third-order valence-electron chi connectivity index (χ3n) is 3.86. The zero-order valence-electron chi connectivity index (χ0n) is 12.9. The highest BCUT2D eigenvalue weighted by Gasteiger charge is 2.29. The molecule has 0 spiro atoms. The monoisotopic (exact) mass is 379 g/mol. The number of amides is 1. The minimum atomic E-state index is -3.18. The van der Waals surface area contributed by atoms with Crippen molar-refractivity contribution in [3.8, 4) is 0 Å².